The Balaban J connectivity index is 4.27. The predicted octanol–water partition coefficient (Wildman–Crippen LogP) is -1.93. The summed E-state index contributed by atoms with van der Waals surface area (Å²) in [6, 6.07) is -0.316. The molecule has 0 atom stereocenters. The van der Waals surface area contributed by atoms with E-state index in [9.17, 15) is 33.7 Å². The molecule has 4 N–H and O–H groups in total. The van der Waals surface area contributed by atoms with Gasteiger partial charge in [0.25, 0.3) is 20.2 Å². The van der Waals surface area contributed by atoms with E-state index < -0.39 is 60.3 Å². The predicted molar refractivity (Wildman–Crippen MR) is 63.5 cm³/mol. The molecule has 0 aliphatic carbocycles. The lowest BCUT2D eigenvalue weighted by Crippen LogP contribution is -2.18. The molecule has 1 aromatic heterocycles. The molecule has 17 heteroatoms. The maximum Gasteiger partial charge on any atom is 0.313 e. The Labute approximate surface area is 123 Å². The number of pyridine rings is 1. The largest absolute Gasteiger partial charge is 0.313 e. The van der Waals surface area contributed by atoms with Crippen LogP contribution in [-0.4, -0.2) is 56.9 Å². The highest BCUT2D eigenvalue weighted by Crippen LogP contribution is 2.27. The van der Waals surface area contributed by atoms with E-state index in [-0.39, 0.29) is 6.07 Å². The molecule has 0 aliphatic heterocycles. The third-order valence-electron chi connectivity index (χ3n) is 1.93. The number of aromatic nitrogens is 1. The minimum atomic E-state index is -5.56. The summed E-state index contributed by atoms with van der Waals surface area (Å²) < 4.78 is 123. The summed E-state index contributed by atoms with van der Waals surface area (Å²) in [5.41, 5.74) is 0. The van der Waals surface area contributed by atoms with Gasteiger partial charge in [-0.3, -0.25) is 18.2 Å². The molecule has 0 saturated carbocycles. The summed E-state index contributed by atoms with van der Waals surface area (Å²) in [7, 11) is -22.2. The van der Waals surface area contributed by atoms with E-state index >= 15 is 0 Å². The fraction of sp³-hybridized carbons (Fsp3) is 0. The fourth-order valence-corrected chi connectivity index (χ4v) is 4.69. The van der Waals surface area contributed by atoms with Crippen molar-refractivity contribution in [3.05, 3.63) is 6.07 Å². The van der Waals surface area contributed by atoms with Crippen LogP contribution in [0.5, 0.6) is 0 Å². The Kier molecular flexibility index (Phi) is 4.42. The van der Waals surface area contributed by atoms with Crippen LogP contribution in [0.3, 0.4) is 0 Å². The van der Waals surface area contributed by atoms with E-state index in [4.69, 9.17) is 18.2 Å². The first-order valence-corrected chi connectivity index (χ1v) is 10.2. The van der Waals surface area contributed by atoms with Crippen LogP contribution < -0.4 is 0 Å². The van der Waals surface area contributed by atoms with Crippen molar-refractivity contribution in [2.75, 3.05) is 0 Å². The molecule has 0 radical (unpaired) electrons. The lowest BCUT2D eigenvalue weighted by Gasteiger charge is -2.09. The van der Waals surface area contributed by atoms with Crippen molar-refractivity contribution in [1.29, 1.82) is 0 Å². The van der Waals surface area contributed by atoms with Crippen LogP contribution in [0.25, 0.3) is 0 Å². The standard InChI is InChI=1S/C5H5NO12S4/c7-19(8,9)2-1-3(20(10,11)12)5(22(16,17)18)6-4(2)21(13,14)15/h1H,(H,7,8,9)(H,10,11,12)(H,13,14,15)(H,16,17,18). The molecule has 0 fully saturated rings. The summed E-state index contributed by atoms with van der Waals surface area (Å²) in [5, 5.41) is -3.95. The average Bonchev–Trinajstić information content (AvgIpc) is 2.22. The summed E-state index contributed by atoms with van der Waals surface area (Å²) >= 11 is 0. The van der Waals surface area contributed by atoms with Crippen LogP contribution in [0.15, 0.2) is 25.9 Å². The maximum atomic E-state index is 11.0. The topological polar surface area (TPSA) is 230 Å². The second-order valence-corrected chi connectivity index (χ2v) is 8.95. The number of hydrogen-bond acceptors (Lipinski definition) is 9. The fourth-order valence-electron chi connectivity index (χ4n) is 1.18. The lowest BCUT2D eigenvalue weighted by atomic mass is 10.5. The van der Waals surface area contributed by atoms with Crippen LogP contribution in [0.1, 0.15) is 0 Å². The van der Waals surface area contributed by atoms with Gasteiger partial charge in [-0.1, -0.05) is 0 Å². The molecule has 0 bridgehead atoms. The lowest BCUT2D eigenvalue weighted by molar-refractivity contribution is 0.445. The van der Waals surface area contributed by atoms with E-state index in [0.717, 1.165) is 0 Å². The van der Waals surface area contributed by atoms with E-state index in [1.54, 1.807) is 0 Å². The van der Waals surface area contributed by atoms with Gasteiger partial charge < -0.3 is 0 Å². The molecule has 0 spiro atoms. The Morgan fingerprint density at radius 2 is 0.864 bits per heavy atom. The van der Waals surface area contributed by atoms with Crippen LogP contribution in [-0.2, 0) is 40.5 Å². The van der Waals surface area contributed by atoms with Gasteiger partial charge in [-0.2, -0.15) is 33.7 Å². The molecule has 126 valence electrons. The first-order chi connectivity index (χ1) is 9.45. The molecule has 0 saturated heterocycles. The number of hydrogen-bond donors (Lipinski definition) is 4. The van der Waals surface area contributed by atoms with Gasteiger partial charge in [0.15, 0.2) is 0 Å². The van der Waals surface area contributed by atoms with Crippen LogP contribution in [0, 0.1) is 0 Å². The van der Waals surface area contributed by atoms with Crippen LogP contribution >= 0.6 is 0 Å². The van der Waals surface area contributed by atoms with Gasteiger partial charge in [0.1, 0.15) is 9.79 Å². The molecule has 0 aromatic carbocycles. The maximum absolute atomic E-state index is 11.0. The summed E-state index contributed by atoms with van der Waals surface area (Å²) in [6.07, 6.45) is 0. The first-order valence-electron chi connectivity index (χ1n) is 4.40. The van der Waals surface area contributed by atoms with E-state index in [0.29, 0.717) is 0 Å². The zero-order chi connectivity index (χ0) is 17.7. The molecule has 0 unspecified atom stereocenters. The molecule has 1 rings (SSSR count). The van der Waals surface area contributed by atoms with Crippen molar-refractivity contribution in [3.63, 3.8) is 0 Å². The van der Waals surface area contributed by atoms with Gasteiger partial charge in [0.05, 0.1) is 0 Å². The molecule has 0 aliphatic rings. The van der Waals surface area contributed by atoms with Crippen molar-refractivity contribution in [2.24, 2.45) is 0 Å². The molecule has 22 heavy (non-hydrogen) atoms. The highest BCUT2D eigenvalue weighted by atomic mass is 32.2. The summed E-state index contributed by atoms with van der Waals surface area (Å²) in [4.78, 5) is -1.18. The van der Waals surface area contributed by atoms with Gasteiger partial charge in [0, 0.05) is 0 Å². The Morgan fingerprint density at radius 1 is 0.591 bits per heavy atom. The van der Waals surface area contributed by atoms with Crippen molar-refractivity contribution >= 4 is 40.5 Å². The monoisotopic (exact) mass is 399 g/mol. The molecule has 1 heterocycles. The average molecular weight is 399 g/mol. The van der Waals surface area contributed by atoms with E-state index in [2.05, 4.69) is 4.98 Å². The van der Waals surface area contributed by atoms with Gasteiger partial charge in [-0.25, -0.2) is 4.98 Å². The van der Waals surface area contributed by atoms with Gasteiger partial charge >= 0.3 is 20.2 Å². The minimum absolute atomic E-state index is 0.316. The van der Waals surface area contributed by atoms with Gasteiger partial charge in [-0.05, 0) is 6.07 Å². The zero-order valence-electron chi connectivity index (χ0n) is 9.71. The molecular formula is C5H5NO12S4. The second-order valence-electron chi connectivity index (χ2n) is 3.50. The molecule has 0 amide bonds. The van der Waals surface area contributed by atoms with Crippen molar-refractivity contribution < 1.29 is 51.9 Å². The highest BCUT2D eigenvalue weighted by Gasteiger charge is 2.35. The SMILES string of the molecule is O=S(=O)(O)c1cc(S(=O)(=O)O)c(S(=O)(=O)O)nc1S(=O)(=O)O. The van der Waals surface area contributed by atoms with Crippen LogP contribution in [0.4, 0.5) is 0 Å². The normalized spacial score (nSPS) is 14.0. The van der Waals surface area contributed by atoms with Gasteiger partial charge in [-0.15, -0.1) is 0 Å². The summed E-state index contributed by atoms with van der Waals surface area (Å²) in [5.74, 6) is 0. The van der Waals surface area contributed by atoms with Crippen molar-refractivity contribution in [3.8, 4) is 0 Å². The first kappa shape index (κ1) is 18.8. The Bertz CT molecular complexity index is 875. The minimum Gasteiger partial charge on any atom is -0.282 e. The van der Waals surface area contributed by atoms with Crippen LogP contribution in [0.2, 0.25) is 0 Å². The van der Waals surface area contributed by atoms with E-state index in [1.807, 2.05) is 0 Å². The third-order valence-corrected chi connectivity index (χ3v) is 5.52. The van der Waals surface area contributed by atoms with Crippen molar-refractivity contribution in [1.82, 2.24) is 4.98 Å². The van der Waals surface area contributed by atoms with E-state index in [1.165, 1.54) is 0 Å². The smallest absolute Gasteiger partial charge is 0.282 e. The number of nitrogens with zero attached hydrogens (tertiary/aromatic N) is 1. The molecule has 1 aromatic rings. The molecular weight excluding hydrogens is 394 g/mol. The quantitative estimate of drug-likeness (QED) is 0.404. The second kappa shape index (κ2) is 5.16. The Morgan fingerprint density at radius 3 is 1.05 bits per heavy atom. The van der Waals surface area contributed by atoms with Gasteiger partial charge in [0.2, 0.25) is 10.1 Å². The Hall–Kier alpha value is -1.21. The number of rotatable bonds is 4. The molecule has 13 nitrogen and oxygen atoms in total. The zero-order valence-corrected chi connectivity index (χ0v) is 13.0. The highest BCUT2D eigenvalue weighted by molar-refractivity contribution is 7.90. The summed E-state index contributed by atoms with van der Waals surface area (Å²) in [6.45, 7) is 0. The third kappa shape index (κ3) is 3.95. The van der Waals surface area contributed by atoms with Crippen molar-refractivity contribution in [2.45, 2.75) is 19.8 Å².